The van der Waals surface area contributed by atoms with E-state index in [0.717, 1.165) is 0 Å². The number of hydrogen-bond donors (Lipinski definition) is 1. The number of hydrogen-bond acceptors (Lipinski definition) is 5. The number of amides is 1. The summed E-state index contributed by atoms with van der Waals surface area (Å²) in [6, 6.07) is 11.9. The normalized spacial score (nSPS) is 12.5. The number of aromatic nitrogens is 3. The summed E-state index contributed by atoms with van der Waals surface area (Å²) in [5.74, 6) is -2.67. The summed E-state index contributed by atoms with van der Waals surface area (Å²) in [5, 5.41) is 11.1. The maximum absolute atomic E-state index is 12.3. The Bertz CT molecular complexity index is 870. The third-order valence-electron chi connectivity index (χ3n) is 3.28. The number of benzene rings is 1. The van der Waals surface area contributed by atoms with E-state index in [1.54, 1.807) is 31.2 Å². The molecule has 3 rings (SSSR count). The second kappa shape index (κ2) is 7.83. The molecular weight excluding hydrogens is 366 g/mol. The molecule has 0 saturated carbocycles. The van der Waals surface area contributed by atoms with Crippen molar-refractivity contribution in [3.8, 4) is 0 Å². The summed E-state index contributed by atoms with van der Waals surface area (Å²) in [4.78, 5) is 12.8. The molecule has 1 N–H and O–H groups in total. The summed E-state index contributed by atoms with van der Waals surface area (Å²) < 4.78 is 26.4. The second-order valence-electron chi connectivity index (χ2n) is 5.06. The molecule has 1 aromatic carbocycles. The Morgan fingerprint density at radius 3 is 2.60 bits per heavy atom. The second-order valence-corrected chi connectivity index (χ2v) is 7.44. The lowest BCUT2D eigenvalue weighted by molar-refractivity contribution is -0.115. The molecular formula is C16H14F2N4OS2. The van der Waals surface area contributed by atoms with Crippen molar-refractivity contribution < 1.29 is 13.6 Å². The lowest BCUT2D eigenvalue weighted by Gasteiger charge is -2.11. The van der Waals surface area contributed by atoms with Crippen LogP contribution in [0.25, 0.3) is 5.65 Å². The van der Waals surface area contributed by atoms with Crippen molar-refractivity contribution in [2.24, 2.45) is 0 Å². The smallest absolute Gasteiger partial charge is 0.288 e. The monoisotopic (exact) mass is 380 g/mol. The molecule has 9 heteroatoms. The zero-order chi connectivity index (χ0) is 17.8. The van der Waals surface area contributed by atoms with E-state index in [9.17, 15) is 13.6 Å². The Morgan fingerprint density at radius 1 is 1.12 bits per heavy atom. The lowest BCUT2D eigenvalue weighted by Crippen LogP contribution is -2.22. The quantitative estimate of drug-likeness (QED) is 0.651. The molecule has 130 valence electrons. The molecule has 1 atom stereocenters. The van der Waals surface area contributed by atoms with Crippen LogP contribution in [0, 0.1) is 0 Å². The van der Waals surface area contributed by atoms with Crippen LogP contribution in [0.4, 0.5) is 14.5 Å². The van der Waals surface area contributed by atoms with Crippen LogP contribution >= 0.6 is 23.5 Å². The molecule has 0 radical (unpaired) electrons. The van der Waals surface area contributed by atoms with Gasteiger partial charge >= 0.3 is 0 Å². The molecule has 2 heterocycles. The van der Waals surface area contributed by atoms with Crippen molar-refractivity contribution in [3.05, 3.63) is 48.7 Å². The van der Waals surface area contributed by atoms with Gasteiger partial charge in [-0.15, -0.1) is 10.2 Å². The molecule has 0 aliphatic heterocycles. The lowest BCUT2D eigenvalue weighted by atomic mass is 10.3. The molecule has 25 heavy (non-hydrogen) atoms. The number of pyridine rings is 1. The van der Waals surface area contributed by atoms with Crippen LogP contribution in [0.2, 0.25) is 0 Å². The molecule has 5 nitrogen and oxygen atoms in total. The van der Waals surface area contributed by atoms with Gasteiger partial charge in [0.15, 0.2) is 10.8 Å². The number of nitrogens with zero attached hydrogens (tertiary/aromatic N) is 3. The number of thioether (sulfide) groups is 2. The Labute approximate surface area is 151 Å². The SMILES string of the molecule is C[C@@H](Sc1nnc2ccccn12)C(=O)Nc1ccc(SC(F)F)cc1. The van der Waals surface area contributed by atoms with Gasteiger partial charge < -0.3 is 5.32 Å². The number of carbonyl (C=O) groups excluding carboxylic acids is 1. The van der Waals surface area contributed by atoms with E-state index in [4.69, 9.17) is 0 Å². The van der Waals surface area contributed by atoms with Crippen molar-refractivity contribution >= 4 is 40.8 Å². The average molecular weight is 380 g/mol. The highest BCUT2D eigenvalue weighted by Crippen LogP contribution is 2.27. The van der Waals surface area contributed by atoms with Gasteiger partial charge in [-0.3, -0.25) is 9.20 Å². The van der Waals surface area contributed by atoms with Gasteiger partial charge in [-0.1, -0.05) is 29.6 Å². The molecule has 0 bridgehead atoms. The van der Waals surface area contributed by atoms with Gasteiger partial charge in [0.1, 0.15) is 0 Å². The molecule has 0 fully saturated rings. The van der Waals surface area contributed by atoms with Gasteiger partial charge in [0.25, 0.3) is 5.76 Å². The number of fused-ring (bicyclic) bond motifs is 1. The summed E-state index contributed by atoms with van der Waals surface area (Å²) >= 11 is 1.76. The molecule has 1 amide bonds. The fraction of sp³-hybridized carbons (Fsp3) is 0.188. The predicted octanol–water partition coefficient (Wildman–Crippen LogP) is 4.16. The standard InChI is InChI=1S/C16H14F2N4OS2/c1-10(24-16-21-20-13-4-2-3-9-22(13)16)14(23)19-11-5-7-12(8-6-11)25-15(17)18/h2-10,15H,1H3,(H,19,23)/t10-/m1/s1. The van der Waals surface area contributed by atoms with Crippen LogP contribution in [0.15, 0.2) is 58.7 Å². The van der Waals surface area contributed by atoms with E-state index < -0.39 is 11.0 Å². The Balaban J connectivity index is 1.62. The van der Waals surface area contributed by atoms with Crippen LogP contribution in [0.5, 0.6) is 0 Å². The highest BCUT2D eigenvalue weighted by molar-refractivity contribution is 8.00. The van der Waals surface area contributed by atoms with Crippen LogP contribution in [-0.4, -0.2) is 31.5 Å². The summed E-state index contributed by atoms with van der Waals surface area (Å²) in [6.07, 6.45) is 1.84. The number of carbonyl (C=O) groups is 1. The van der Waals surface area contributed by atoms with Crippen LogP contribution in [-0.2, 0) is 4.79 Å². The molecule has 3 aromatic rings. The first-order chi connectivity index (χ1) is 12.0. The Kier molecular flexibility index (Phi) is 5.54. The first-order valence-electron chi connectivity index (χ1n) is 7.35. The van der Waals surface area contributed by atoms with Crippen LogP contribution in [0.1, 0.15) is 6.92 Å². The number of alkyl halides is 2. The van der Waals surface area contributed by atoms with Crippen LogP contribution < -0.4 is 5.32 Å². The largest absolute Gasteiger partial charge is 0.325 e. The van der Waals surface area contributed by atoms with Gasteiger partial charge in [-0.05, 0) is 43.3 Å². The molecule has 0 spiro atoms. The maximum Gasteiger partial charge on any atom is 0.288 e. The van der Waals surface area contributed by atoms with E-state index >= 15 is 0 Å². The Hall–Kier alpha value is -2.13. The third kappa shape index (κ3) is 4.49. The predicted molar refractivity (Wildman–Crippen MR) is 95.2 cm³/mol. The Morgan fingerprint density at radius 2 is 1.88 bits per heavy atom. The van der Waals surface area contributed by atoms with Gasteiger partial charge in [0.05, 0.1) is 5.25 Å². The first-order valence-corrected chi connectivity index (χ1v) is 9.11. The van der Waals surface area contributed by atoms with E-state index in [0.29, 0.717) is 33.1 Å². The maximum atomic E-state index is 12.3. The molecule has 0 saturated heterocycles. The van der Waals surface area contributed by atoms with Crippen molar-refractivity contribution in [1.29, 1.82) is 0 Å². The fourth-order valence-corrected chi connectivity index (χ4v) is 3.41. The minimum atomic E-state index is -2.46. The average Bonchev–Trinajstić information content (AvgIpc) is 2.99. The van der Waals surface area contributed by atoms with E-state index in [2.05, 4.69) is 15.5 Å². The van der Waals surface area contributed by atoms with Crippen molar-refractivity contribution in [1.82, 2.24) is 14.6 Å². The van der Waals surface area contributed by atoms with Crippen molar-refractivity contribution in [2.45, 2.75) is 28.0 Å². The van der Waals surface area contributed by atoms with Gasteiger partial charge in [0, 0.05) is 16.8 Å². The highest BCUT2D eigenvalue weighted by atomic mass is 32.2. The molecule has 2 aromatic heterocycles. The number of halogens is 2. The van der Waals surface area contributed by atoms with E-state index in [1.807, 2.05) is 28.8 Å². The minimum absolute atomic E-state index is 0.202. The summed E-state index contributed by atoms with van der Waals surface area (Å²) in [6.45, 7) is 1.77. The fourth-order valence-electron chi connectivity index (χ4n) is 2.08. The van der Waals surface area contributed by atoms with Crippen molar-refractivity contribution in [3.63, 3.8) is 0 Å². The highest BCUT2D eigenvalue weighted by Gasteiger charge is 2.18. The zero-order valence-electron chi connectivity index (χ0n) is 13.1. The molecule has 0 aliphatic rings. The topological polar surface area (TPSA) is 59.3 Å². The van der Waals surface area contributed by atoms with Gasteiger partial charge in [-0.25, -0.2) is 0 Å². The number of nitrogens with one attached hydrogen (secondary N) is 1. The van der Waals surface area contributed by atoms with Crippen LogP contribution in [0.3, 0.4) is 0 Å². The van der Waals surface area contributed by atoms with E-state index in [-0.39, 0.29) is 5.91 Å². The number of rotatable bonds is 6. The van der Waals surface area contributed by atoms with Gasteiger partial charge in [-0.2, -0.15) is 8.78 Å². The summed E-state index contributed by atoms with van der Waals surface area (Å²) in [7, 11) is 0. The molecule has 0 aliphatic carbocycles. The minimum Gasteiger partial charge on any atom is -0.325 e. The molecule has 0 unspecified atom stereocenters. The zero-order valence-corrected chi connectivity index (χ0v) is 14.7. The van der Waals surface area contributed by atoms with E-state index in [1.165, 1.54) is 11.8 Å². The van der Waals surface area contributed by atoms with Gasteiger partial charge in [0.2, 0.25) is 5.91 Å². The summed E-state index contributed by atoms with van der Waals surface area (Å²) in [5.41, 5.74) is 1.27. The first kappa shape index (κ1) is 17.7. The number of anilines is 1. The van der Waals surface area contributed by atoms with Crippen molar-refractivity contribution in [2.75, 3.05) is 5.32 Å². The third-order valence-corrected chi connectivity index (χ3v) is 5.06.